The Hall–Kier alpha value is -0.120. The number of hydrogen-bond acceptors (Lipinski definition) is 2. The van der Waals surface area contributed by atoms with Crippen LogP contribution < -0.4 is 5.32 Å². The Labute approximate surface area is 123 Å². The van der Waals surface area contributed by atoms with Crippen LogP contribution in [0.1, 0.15) is 57.1 Å². The van der Waals surface area contributed by atoms with E-state index in [0.717, 1.165) is 6.54 Å². The number of rotatable bonds is 5. The maximum absolute atomic E-state index is 3.71. The Morgan fingerprint density at radius 2 is 2.28 bits per heavy atom. The van der Waals surface area contributed by atoms with Crippen LogP contribution in [-0.4, -0.2) is 6.54 Å². The molecule has 0 saturated carbocycles. The number of hydrogen-bond donors (Lipinski definition) is 1. The molecular formula is C15H22BrNS. The highest BCUT2D eigenvalue weighted by Gasteiger charge is 2.18. The Morgan fingerprint density at radius 1 is 1.39 bits per heavy atom. The van der Waals surface area contributed by atoms with Gasteiger partial charge in [-0.05, 0) is 71.6 Å². The molecule has 1 nitrogen and oxygen atoms in total. The average molecular weight is 328 g/mol. The van der Waals surface area contributed by atoms with E-state index < -0.39 is 0 Å². The summed E-state index contributed by atoms with van der Waals surface area (Å²) >= 11 is 5.36. The lowest BCUT2D eigenvalue weighted by Crippen LogP contribution is -2.23. The van der Waals surface area contributed by atoms with Gasteiger partial charge >= 0.3 is 0 Å². The molecule has 1 aliphatic rings. The Bertz CT molecular complexity index is 397. The summed E-state index contributed by atoms with van der Waals surface area (Å²) in [6, 6.07) is 2.70. The summed E-state index contributed by atoms with van der Waals surface area (Å²) < 4.78 is 1.23. The monoisotopic (exact) mass is 327 g/mol. The van der Waals surface area contributed by atoms with Crippen molar-refractivity contribution in [3.8, 4) is 0 Å². The summed E-state index contributed by atoms with van der Waals surface area (Å²) in [5.74, 6) is 0. The van der Waals surface area contributed by atoms with Gasteiger partial charge in [0.15, 0.2) is 0 Å². The molecule has 1 unspecified atom stereocenters. The SMILES string of the molecule is CCCNC(C1=CCCCCC1)c1csc(Br)c1. The van der Waals surface area contributed by atoms with Crippen molar-refractivity contribution in [2.24, 2.45) is 0 Å². The largest absolute Gasteiger partial charge is 0.307 e. The molecule has 2 rings (SSSR count). The summed E-state index contributed by atoms with van der Waals surface area (Å²) in [5.41, 5.74) is 3.03. The maximum Gasteiger partial charge on any atom is 0.0701 e. The molecule has 1 aliphatic carbocycles. The molecule has 0 bridgehead atoms. The first-order chi connectivity index (χ1) is 8.81. The van der Waals surface area contributed by atoms with Crippen molar-refractivity contribution in [2.75, 3.05) is 6.54 Å². The smallest absolute Gasteiger partial charge is 0.0701 e. The lowest BCUT2D eigenvalue weighted by molar-refractivity contribution is 0.568. The van der Waals surface area contributed by atoms with E-state index in [0.29, 0.717) is 6.04 Å². The minimum atomic E-state index is 0.436. The lowest BCUT2D eigenvalue weighted by Gasteiger charge is -2.21. The van der Waals surface area contributed by atoms with Gasteiger partial charge in [-0.25, -0.2) is 0 Å². The molecule has 0 fully saturated rings. The van der Waals surface area contributed by atoms with E-state index >= 15 is 0 Å². The third kappa shape index (κ3) is 3.94. The molecule has 1 atom stereocenters. The van der Waals surface area contributed by atoms with E-state index in [4.69, 9.17) is 0 Å². The van der Waals surface area contributed by atoms with Crippen molar-refractivity contribution >= 4 is 27.3 Å². The van der Waals surface area contributed by atoms with Crippen LogP contribution in [-0.2, 0) is 0 Å². The van der Waals surface area contributed by atoms with Crippen LogP contribution in [0.15, 0.2) is 26.9 Å². The Morgan fingerprint density at radius 3 is 3.00 bits per heavy atom. The first-order valence-electron chi connectivity index (χ1n) is 6.97. The molecule has 0 aliphatic heterocycles. The minimum Gasteiger partial charge on any atom is -0.307 e. The number of halogens is 1. The fourth-order valence-electron chi connectivity index (χ4n) is 2.53. The highest BCUT2D eigenvalue weighted by Crippen LogP contribution is 2.33. The van der Waals surface area contributed by atoms with Gasteiger partial charge in [0.2, 0.25) is 0 Å². The summed E-state index contributed by atoms with van der Waals surface area (Å²) in [5, 5.41) is 5.99. The lowest BCUT2D eigenvalue weighted by atomic mass is 9.97. The highest BCUT2D eigenvalue weighted by molar-refractivity contribution is 9.11. The van der Waals surface area contributed by atoms with Crippen molar-refractivity contribution < 1.29 is 0 Å². The molecule has 0 spiro atoms. The van der Waals surface area contributed by atoms with Gasteiger partial charge in [-0.15, -0.1) is 11.3 Å². The number of thiophene rings is 1. The summed E-state index contributed by atoms with van der Waals surface area (Å²) in [7, 11) is 0. The molecule has 18 heavy (non-hydrogen) atoms. The molecule has 1 aromatic heterocycles. The van der Waals surface area contributed by atoms with Gasteiger partial charge in [0.25, 0.3) is 0 Å². The van der Waals surface area contributed by atoms with Crippen molar-refractivity contribution in [3.05, 3.63) is 32.4 Å². The van der Waals surface area contributed by atoms with Crippen LogP contribution in [0.4, 0.5) is 0 Å². The molecule has 0 radical (unpaired) electrons. The van der Waals surface area contributed by atoms with Gasteiger partial charge in [0, 0.05) is 0 Å². The molecule has 3 heteroatoms. The first-order valence-corrected chi connectivity index (χ1v) is 8.64. The van der Waals surface area contributed by atoms with E-state index in [1.165, 1.54) is 47.9 Å². The third-order valence-corrected chi connectivity index (χ3v) is 4.99. The van der Waals surface area contributed by atoms with E-state index in [9.17, 15) is 0 Å². The summed E-state index contributed by atoms with van der Waals surface area (Å²) in [6.07, 6.45) is 10.3. The van der Waals surface area contributed by atoms with Crippen molar-refractivity contribution in [2.45, 2.75) is 51.5 Å². The van der Waals surface area contributed by atoms with Gasteiger partial charge in [0.05, 0.1) is 9.83 Å². The average Bonchev–Trinajstić information content (AvgIpc) is 2.65. The quantitative estimate of drug-likeness (QED) is 0.710. The number of nitrogens with one attached hydrogen (secondary N) is 1. The predicted octanol–water partition coefficient (Wildman–Crippen LogP) is 5.44. The molecular weight excluding hydrogens is 306 g/mol. The molecule has 1 heterocycles. The zero-order chi connectivity index (χ0) is 12.8. The van der Waals surface area contributed by atoms with E-state index in [1.54, 1.807) is 16.9 Å². The molecule has 100 valence electrons. The van der Waals surface area contributed by atoms with Crippen LogP contribution >= 0.6 is 27.3 Å². The standard InChI is InChI=1S/C15H22BrNS/c1-2-9-17-15(13-10-14(16)18-11-13)12-7-5-3-4-6-8-12/h7,10-11,15,17H,2-6,8-9H2,1H3. The van der Waals surface area contributed by atoms with Gasteiger partial charge in [-0.1, -0.05) is 25.0 Å². The molecule has 0 saturated heterocycles. The maximum atomic E-state index is 3.71. The van der Waals surface area contributed by atoms with Crippen LogP contribution in [0.2, 0.25) is 0 Å². The second-order valence-corrected chi connectivity index (χ2v) is 7.24. The Balaban J connectivity index is 2.15. The summed E-state index contributed by atoms with van der Waals surface area (Å²) in [4.78, 5) is 0. The van der Waals surface area contributed by atoms with Gasteiger partial charge in [-0.2, -0.15) is 0 Å². The zero-order valence-corrected chi connectivity index (χ0v) is 13.4. The van der Waals surface area contributed by atoms with Crippen LogP contribution in [0, 0.1) is 0 Å². The number of allylic oxidation sites excluding steroid dienone is 1. The summed E-state index contributed by atoms with van der Waals surface area (Å²) in [6.45, 7) is 3.32. The second-order valence-electron chi connectivity index (χ2n) is 4.95. The molecule has 0 amide bonds. The van der Waals surface area contributed by atoms with Crippen LogP contribution in [0.5, 0.6) is 0 Å². The van der Waals surface area contributed by atoms with Gasteiger partial charge < -0.3 is 5.32 Å². The van der Waals surface area contributed by atoms with E-state index in [-0.39, 0.29) is 0 Å². The van der Waals surface area contributed by atoms with Gasteiger partial charge in [0.1, 0.15) is 0 Å². The highest BCUT2D eigenvalue weighted by atomic mass is 79.9. The molecule has 0 aromatic carbocycles. The Kier molecular flexibility index (Phi) is 5.93. The molecule has 1 aromatic rings. The van der Waals surface area contributed by atoms with Crippen molar-refractivity contribution in [1.82, 2.24) is 5.32 Å². The van der Waals surface area contributed by atoms with E-state index in [2.05, 4.69) is 45.7 Å². The van der Waals surface area contributed by atoms with Gasteiger partial charge in [-0.3, -0.25) is 0 Å². The van der Waals surface area contributed by atoms with Crippen molar-refractivity contribution in [3.63, 3.8) is 0 Å². The van der Waals surface area contributed by atoms with Crippen LogP contribution in [0.25, 0.3) is 0 Å². The van der Waals surface area contributed by atoms with Crippen LogP contribution in [0.3, 0.4) is 0 Å². The predicted molar refractivity (Wildman–Crippen MR) is 84.2 cm³/mol. The first kappa shape index (κ1) is 14.3. The van der Waals surface area contributed by atoms with E-state index in [1.807, 2.05) is 0 Å². The third-order valence-electron chi connectivity index (χ3n) is 3.47. The fourth-order valence-corrected chi connectivity index (χ4v) is 3.73. The van der Waals surface area contributed by atoms with Crippen molar-refractivity contribution in [1.29, 1.82) is 0 Å². The minimum absolute atomic E-state index is 0.436. The topological polar surface area (TPSA) is 12.0 Å². The second kappa shape index (κ2) is 7.46. The molecule has 1 N–H and O–H groups in total. The fraction of sp³-hybridized carbons (Fsp3) is 0.600. The normalized spacial score (nSPS) is 18.2. The zero-order valence-electron chi connectivity index (χ0n) is 11.0.